The Kier molecular flexibility index (Phi) is 11.3. The molecular weight excluding hydrogens is 232 g/mol. The normalized spacial score (nSPS) is 12.7. The van der Waals surface area contributed by atoms with Crippen LogP contribution in [-0.4, -0.2) is 30.0 Å². The topological polar surface area (TPSA) is 27.7 Å². The van der Waals surface area contributed by atoms with Crippen LogP contribution in [0.5, 0.6) is 0 Å². The van der Waals surface area contributed by atoms with Gasteiger partial charge < -0.3 is 13.9 Å². The lowest BCUT2D eigenvalue weighted by Gasteiger charge is -2.26. The third-order valence-electron chi connectivity index (χ3n) is 3.10. The van der Waals surface area contributed by atoms with E-state index in [-0.39, 0.29) is 0 Å². The van der Waals surface area contributed by atoms with Gasteiger partial charge in [-0.15, -0.1) is 0 Å². The summed E-state index contributed by atoms with van der Waals surface area (Å²) in [6.07, 6.45) is 9.52. The second-order valence-corrected chi connectivity index (χ2v) is 6.00. The van der Waals surface area contributed by atoms with Gasteiger partial charge in [-0.25, -0.2) is 0 Å². The minimum absolute atomic E-state index is 0.509. The lowest BCUT2D eigenvalue weighted by Crippen LogP contribution is -2.34. The minimum atomic E-state index is -0.812. The van der Waals surface area contributed by atoms with Crippen LogP contribution in [0.25, 0.3) is 0 Å². The van der Waals surface area contributed by atoms with E-state index in [2.05, 4.69) is 6.92 Å². The monoisotopic (exact) mass is 262 g/mol. The van der Waals surface area contributed by atoms with Gasteiger partial charge in [0.25, 0.3) is 5.97 Å². The van der Waals surface area contributed by atoms with Crippen molar-refractivity contribution < 1.29 is 13.9 Å². The number of hydrogen-bond acceptors (Lipinski definition) is 3. The first-order valence-corrected chi connectivity index (χ1v) is 8.50. The summed E-state index contributed by atoms with van der Waals surface area (Å²) in [5.41, 5.74) is 0. The van der Waals surface area contributed by atoms with Crippen molar-refractivity contribution in [1.29, 1.82) is 0 Å². The Morgan fingerprint density at radius 3 is 1.94 bits per heavy atom. The molecule has 0 aliphatic carbocycles. The van der Waals surface area contributed by atoms with E-state index in [0.29, 0.717) is 0 Å². The molecule has 0 aliphatic rings. The maximum atomic E-state index is 5.67. The highest BCUT2D eigenvalue weighted by molar-refractivity contribution is 6.27. The van der Waals surface area contributed by atoms with Crippen LogP contribution in [0.15, 0.2) is 0 Å². The third kappa shape index (κ3) is 9.77. The summed E-state index contributed by atoms with van der Waals surface area (Å²) in [7, 11) is 2.72. The molecule has 0 amide bonds. The molecule has 0 aromatic heterocycles. The first-order chi connectivity index (χ1) is 8.18. The number of hydrogen-bond donors (Lipinski definition) is 0. The van der Waals surface area contributed by atoms with Gasteiger partial charge >= 0.3 is 0 Å². The molecule has 0 fully saturated rings. The van der Waals surface area contributed by atoms with E-state index < -0.39 is 15.7 Å². The van der Waals surface area contributed by atoms with Gasteiger partial charge in [0.15, 0.2) is 9.76 Å². The maximum absolute atomic E-state index is 5.67. The fourth-order valence-electron chi connectivity index (χ4n) is 1.69. The minimum Gasteiger partial charge on any atom is -0.376 e. The Morgan fingerprint density at radius 1 is 0.882 bits per heavy atom. The summed E-state index contributed by atoms with van der Waals surface area (Å²) in [4.78, 5) is 0. The molecule has 0 bridgehead atoms. The largest absolute Gasteiger partial charge is 0.376 e. The van der Waals surface area contributed by atoms with Crippen LogP contribution in [-0.2, 0) is 13.9 Å². The highest BCUT2D eigenvalue weighted by atomic mass is 28.2. The van der Waals surface area contributed by atoms with Crippen molar-refractivity contribution >= 4 is 9.76 Å². The first kappa shape index (κ1) is 17.1. The molecular formula is C13H30O3Si. The molecule has 0 unspecified atom stereocenters. The molecule has 0 rings (SSSR count). The van der Waals surface area contributed by atoms with Crippen molar-refractivity contribution in [1.82, 2.24) is 0 Å². The third-order valence-corrected chi connectivity index (χ3v) is 4.62. The molecule has 4 heteroatoms. The molecule has 0 aromatic rings. The van der Waals surface area contributed by atoms with Gasteiger partial charge in [0, 0.05) is 21.1 Å². The molecule has 3 nitrogen and oxygen atoms in total. The molecule has 0 saturated carbocycles. The summed E-state index contributed by atoms with van der Waals surface area (Å²) < 4.78 is 16.0. The predicted molar refractivity (Wildman–Crippen MR) is 74.9 cm³/mol. The fraction of sp³-hybridized carbons (Fsp3) is 1.00. The summed E-state index contributed by atoms with van der Waals surface area (Å²) in [5.74, 6) is -0.812. The Balaban J connectivity index is 3.23. The van der Waals surface area contributed by atoms with Gasteiger partial charge in [0.2, 0.25) is 0 Å². The molecule has 0 saturated heterocycles. The Hall–Kier alpha value is 0.0969. The van der Waals surface area contributed by atoms with Crippen LogP contribution < -0.4 is 0 Å². The van der Waals surface area contributed by atoms with Crippen molar-refractivity contribution in [2.24, 2.45) is 0 Å². The van der Waals surface area contributed by atoms with E-state index >= 15 is 0 Å². The van der Waals surface area contributed by atoms with Crippen LogP contribution in [0.2, 0.25) is 6.04 Å². The molecule has 0 spiro atoms. The number of ether oxygens (including phenoxy) is 2. The van der Waals surface area contributed by atoms with E-state index in [4.69, 9.17) is 13.9 Å². The van der Waals surface area contributed by atoms with Crippen LogP contribution >= 0.6 is 0 Å². The van der Waals surface area contributed by atoms with Gasteiger partial charge in [-0.05, 0) is 6.04 Å². The maximum Gasteiger partial charge on any atom is 0.269 e. The lowest BCUT2D eigenvalue weighted by molar-refractivity contribution is -0.310. The Morgan fingerprint density at radius 2 is 1.41 bits per heavy atom. The van der Waals surface area contributed by atoms with Crippen molar-refractivity contribution in [2.75, 3.05) is 14.2 Å². The van der Waals surface area contributed by atoms with E-state index in [1.165, 1.54) is 51.0 Å². The quantitative estimate of drug-likeness (QED) is 0.307. The van der Waals surface area contributed by atoms with Crippen molar-refractivity contribution in [3.05, 3.63) is 0 Å². The highest BCUT2D eigenvalue weighted by Crippen LogP contribution is 2.13. The average Bonchev–Trinajstić information content (AvgIpc) is 2.36. The standard InChI is InChI=1S/C13H30O3Si/c1-5-6-7-8-9-10-11-12-17-16-13(2,14-3)15-4/h5-12,17H2,1-4H3. The smallest absolute Gasteiger partial charge is 0.269 e. The molecule has 0 heterocycles. The summed E-state index contributed by atoms with van der Waals surface area (Å²) >= 11 is 0. The first-order valence-electron chi connectivity index (χ1n) is 6.92. The summed E-state index contributed by atoms with van der Waals surface area (Å²) in [6, 6.07) is 1.22. The molecule has 0 aromatic carbocycles. The number of unbranched alkanes of at least 4 members (excludes halogenated alkanes) is 6. The van der Waals surface area contributed by atoms with Crippen LogP contribution in [0.4, 0.5) is 0 Å². The van der Waals surface area contributed by atoms with Gasteiger partial charge in [0.05, 0.1) is 0 Å². The van der Waals surface area contributed by atoms with E-state index in [1.54, 1.807) is 14.2 Å². The zero-order valence-electron chi connectivity index (χ0n) is 12.1. The lowest BCUT2D eigenvalue weighted by atomic mass is 10.1. The van der Waals surface area contributed by atoms with Crippen LogP contribution in [0.1, 0.15) is 58.8 Å². The van der Waals surface area contributed by atoms with Crippen molar-refractivity contribution in [3.63, 3.8) is 0 Å². The molecule has 0 radical (unpaired) electrons. The van der Waals surface area contributed by atoms with E-state index in [9.17, 15) is 0 Å². The summed E-state index contributed by atoms with van der Waals surface area (Å²) in [5, 5.41) is 0. The van der Waals surface area contributed by atoms with Gasteiger partial charge in [0.1, 0.15) is 0 Å². The van der Waals surface area contributed by atoms with Gasteiger partial charge in [-0.1, -0.05) is 51.9 Å². The van der Waals surface area contributed by atoms with Gasteiger partial charge in [-0.3, -0.25) is 0 Å². The molecule has 0 aliphatic heterocycles. The van der Waals surface area contributed by atoms with E-state index in [1.807, 2.05) is 6.92 Å². The second-order valence-electron chi connectivity index (χ2n) is 4.59. The van der Waals surface area contributed by atoms with Crippen LogP contribution in [0.3, 0.4) is 0 Å². The second kappa shape index (κ2) is 11.2. The van der Waals surface area contributed by atoms with Crippen LogP contribution in [0, 0.1) is 0 Å². The molecule has 0 N–H and O–H groups in total. The fourth-order valence-corrected chi connectivity index (χ4v) is 3.00. The zero-order valence-corrected chi connectivity index (χ0v) is 13.5. The van der Waals surface area contributed by atoms with Gasteiger partial charge in [-0.2, -0.15) is 0 Å². The summed E-state index contributed by atoms with van der Waals surface area (Å²) in [6.45, 7) is 4.08. The predicted octanol–water partition coefficient (Wildman–Crippen LogP) is 3.22. The molecule has 0 atom stereocenters. The van der Waals surface area contributed by atoms with E-state index in [0.717, 1.165) is 0 Å². The zero-order chi connectivity index (χ0) is 13.0. The number of rotatable bonds is 12. The Bertz CT molecular complexity index is 161. The number of methoxy groups -OCH3 is 2. The highest BCUT2D eigenvalue weighted by Gasteiger charge is 2.22. The Labute approximate surface area is 109 Å². The molecule has 104 valence electrons. The SMILES string of the molecule is CCCCCCCCC[SiH2]OC(C)(OC)OC. The average molecular weight is 262 g/mol. The molecule has 17 heavy (non-hydrogen) atoms. The van der Waals surface area contributed by atoms with Crippen molar-refractivity contribution in [3.8, 4) is 0 Å². The van der Waals surface area contributed by atoms with Crippen molar-refractivity contribution in [2.45, 2.75) is 70.8 Å².